The summed E-state index contributed by atoms with van der Waals surface area (Å²) in [4.78, 5) is 4.37. The highest BCUT2D eigenvalue weighted by molar-refractivity contribution is 5.84. The van der Waals surface area contributed by atoms with Gasteiger partial charge in [-0.15, -0.1) is 0 Å². The van der Waals surface area contributed by atoms with Gasteiger partial charge in [-0.1, -0.05) is 18.2 Å². The molecule has 3 aromatic rings. The molecule has 0 fully saturated rings. The standard InChI is InChI=1S/C16H21N5/c1-2-21-16(18-12-19-21)11-20-10-13(6-5-9-17)14-7-3-4-8-15(14)20/h3-4,7-8,10,12H,2,5-6,9,11,17H2,1H3. The maximum Gasteiger partial charge on any atom is 0.146 e. The van der Waals surface area contributed by atoms with Crippen LogP contribution in [0, 0.1) is 0 Å². The molecule has 0 aliphatic rings. The van der Waals surface area contributed by atoms with Crippen LogP contribution < -0.4 is 5.73 Å². The third-order valence-electron chi connectivity index (χ3n) is 3.83. The number of aryl methyl sites for hydroxylation is 2. The van der Waals surface area contributed by atoms with Crippen molar-refractivity contribution in [3.8, 4) is 0 Å². The molecule has 0 bridgehead atoms. The van der Waals surface area contributed by atoms with Crippen molar-refractivity contribution < 1.29 is 0 Å². The monoisotopic (exact) mass is 283 g/mol. The van der Waals surface area contributed by atoms with Crippen molar-refractivity contribution in [1.82, 2.24) is 19.3 Å². The molecule has 1 aromatic carbocycles. The Morgan fingerprint density at radius 2 is 2.10 bits per heavy atom. The number of benzene rings is 1. The van der Waals surface area contributed by atoms with Crippen molar-refractivity contribution in [1.29, 1.82) is 0 Å². The molecule has 3 rings (SSSR count). The highest BCUT2D eigenvalue weighted by Gasteiger charge is 2.10. The van der Waals surface area contributed by atoms with Crippen LogP contribution in [0.2, 0.25) is 0 Å². The van der Waals surface area contributed by atoms with E-state index in [1.807, 2.05) is 4.68 Å². The van der Waals surface area contributed by atoms with E-state index >= 15 is 0 Å². The minimum Gasteiger partial charge on any atom is -0.340 e. The van der Waals surface area contributed by atoms with Gasteiger partial charge in [-0.25, -0.2) is 9.67 Å². The van der Waals surface area contributed by atoms with Crippen LogP contribution in [0.4, 0.5) is 0 Å². The van der Waals surface area contributed by atoms with Crippen molar-refractivity contribution in [2.75, 3.05) is 6.54 Å². The Kier molecular flexibility index (Phi) is 4.01. The van der Waals surface area contributed by atoms with E-state index in [2.05, 4.69) is 52.0 Å². The second-order valence-corrected chi connectivity index (χ2v) is 5.18. The Balaban J connectivity index is 1.98. The highest BCUT2D eigenvalue weighted by Crippen LogP contribution is 2.23. The van der Waals surface area contributed by atoms with Crippen molar-refractivity contribution in [2.45, 2.75) is 32.9 Å². The Morgan fingerprint density at radius 3 is 2.90 bits per heavy atom. The van der Waals surface area contributed by atoms with Crippen LogP contribution in [-0.2, 0) is 19.5 Å². The molecule has 0 aliphatic heterocycles. The fraction of sp³-hybridized carbons (Fsp3) is 0.375. The Bertz CT molecular complexity index is 725. The van der Waals surface area contributed by atoms with E-state index < -0.39 is 0 Å². The highest BCUT2D eigenvalue weighted by atomic mass is 15.3. The topological polar surface area (TPSA) is 61.7 Å². The first-order valence-electron chi connectivity index (χ1n) is 7.47. The molecule has 2 N–H and O–H groups in total. The summed E-state index contributed by atoms with van der Waals surface area (Å²) in [5.41, 5.74) is 8.25. The lowest BCUT2D eigenvalue weighted by Gasteiger charge is -2.06. The summed E-state index contributed by atoms with van der Waals surface area (Å²) in [6.45, 7) is 4.40. The van der Waals surface area contributed by atoms with Gasteiger partial charge in [0.2, 0.25) is 0 Å². The molecule has 5 nitrogen and oxygen atoms in total. The zero-order valence-corrected chi connectivity index (χ0v) is 12.4. The van der Waals surface area contributed by atoms with Gasteiger partial charge in [0.15, 0.2) is 0 Å². The number of nitrogens with zero attached hydrogens (tertiary/aromatic N) is 4. The molecule has 0 aliphatic carbocycles. The van der Waals surface area contributed by atoms with Crippen LogP contribution in [0.1, 0.15) is 24.7 Å². The Hall–Kier alpha value is -2.14. The molecule has 5 heteroatoms. The van der Waals surface area contributed by atoms with Crippen molar-refractivity contribution >= 4 is 10.9 Å². The van der Waals surface area contributed by atoms with E-state index in [1.54, 1.807) is 6.33 Å². The van der Waals surface area contributed by atoms with Crippen LogP contribution in [0.5, 0.6) is 0 Å². The second-order valence-electron chi connectivity index (χ2n) is 5.18. The first-order valence-corrected chi connectivity index (χ1v) is 7.47. The predicted octanol–water partition coefficient (Wildman–Crippen LogP) is 2.19. The minimum atomic E-state index is 0.726. The van der Waals surface area contributed by atoms with Gasteiger partial charge in [-0.05, 0) is 37.9 Å². The summed E-state index contributed by atoms with van der Waals surface area (Å²) in [5.74, 6) is 0.989. The third kappa shape index (κ3) is 2.69. The summed E-state index contributed by atoms with van der Waals surface area (Å²) >= 11 is 0. The lowest BCUT2D eigenvalue weighted by molar-refractivity contribution is 0.596. The van der Waals surface area contributed by atoms with Crippen molar-refractivity contribution in [2.24, 2.45) is 5.73 Å². The molecular formula is C16H21N5. The fourth-order valence-electron chi connectivity index (χ4n) is 2.77. The lowest BCUT2D eigenvalue weighted by atomic mass is 10.1. The van der Waals surface area contributed by atoms with Crippen LogP contribution in [0.25, 0.3) is 10.9 Å². The normalized spacial score (nSPS) is 11.3. The van der Waals surface area contributed by atoms with Gasteiger partial charge in [0.25, 0.3) is 0 Å². The number of aromatic nitrogens is 4. The summed E-state index contributed by atoms with van der Waals surface area (Å²) in [7, 11) is 0. The van der Waals surface area contributed by atoms with Crippen LogP contribution in [-0.4, -0.2) is 25.9 Å². The van der Waals surface area contributed by atoms with E-state index in [0.717, 1.165) is 38.3 Å². The SMILES string of the molecule is CCn1ncnc1Cn1cc(CCCN)c2ccccc21. The Morgan fingerprint density at radius 1 is 1.24 bits per heavy atom. The van der Waals surface area contributed by atoms with Gasteiger partial charge >= 0.3 is 0 Å². The zero-order chi connectivity index (χ0) is 14.7. The van der Waals surface area contributed by atoms with E-state index in [9.17, 15) is 0 Å². The van der Waals surface area contributed by atoms with Gasteiger partial charge in [0.05, 0.1) is 6.54 Å². The molecular weight excluding hydrogens is 262 g/mol. The first kappa shape index (κ1) is 13.8. The zero-order valence-electron chi connectivity index (χ0n) is 12.4. The maximum atomic E-state index is 5.65. The molecule has 21 heavy (non-hydrogen) atoms. The number of rotatable bonds is 6. The molecule has 0 amide bonds. The van der Waals surface area contributed by atoms with Gasteiger partial charge < -0.3 is 10.3 Å². The van der Waals surface area contributed by atoms with Crippen molar-refractivity contribution in [3.63, 3.8) is 0 Å². The van der Waals surface area contributed by atoms with Crippen molar-refractivity contribution in [3.05, 3.63) is 48.2 Å². The molecule has 0 unspecified atom stereocenters. The number of nitrogens with two attached hydrogens (primary N) is 1. The average Bonchev–Trinajstić information content (AvgIpc) is 3.11. The van der Waals surface area contributed by atoms with Gasteiger partial charge in [0, 0.05) is 23.6 Å². The van der Waals surface area contributed by atoms with Gasteiger partial charge in [-0.3, -0.25) is 0 Å². The molecule has 0 atom stereocenters. The minimum absolute atomic E-state index is 0.726. The van der Waals surface area contributed by atoms with E-state index in [1.165, 1.54) is 16.5 Å². The van der Waals surface area contributed by atoms with Gasteiger partial charge in [0.1, 0.15) is 12.2 Å². The molecule has 0 saturated carbocycles. The van der Waals surface area contributed by atoms with E-state index in [4.69, 9.17) is 5.73 Å². The largest absolute Gasteiger partial charge is 0.340 e. The molecule has 2 aromatic heterocycles. The summed E-state index contributed by atoms with van der Waals surface area (Å²) < 4.78 is 4.20. The van der Waals surface area contributed by atoms with Crippen LogP contribution >= 0.6 is 0 Å². The summed E-state index contributed by atoms with van der Waals surface area (Å²) in [5, 5.41) is 5.56. The second kappa shape index (κ2) is 6.10. The lowest BCUT2D eigenvalue weighted by Crippen LogP contribution is -2.08. The van der Waals surface area contributed by atoms with E-state index in [0.29, 0.717) is 0 Å². The number of hydrogen-bond acceptors (Lipinski definition) is 3. The average molecular weight is 283 g/mol. The quantitative estimate of drug-likeness (QED) is 0.754. The predicted molar refractivity (Wildman–Crippen MR) is 84.1 cm³/mol. The molecule has 110 valence electrons. The maximum absolute atomic E-state index is 5.65. The number of hydrogen-bond donors (Lipinski definition) is 1. The number of para-hydroxylation sites is 1. The summed E-state index contributed by atoms with van der Waals surface area (Å²) in [6, 6.07) is 8.51. The molecule has 2 heterocycles. The van der Waals surface area contributed by atoms with Crippen LogP contribution in [0.15, 0.2) is 36.8 Å². The molecule has 0 radical (unpaired) electrons. The fourth-order valence-corrected chi connectivity index (χ4v) is 2.77. The first-order chi connectivity index (χ1) is 10.3. The third-order valence-corrected chi connectivity index (χ3v) is 3.83. The van der Waals surface area contributed by atoms with Crippen LogP contribution in [0.3, 0.4) is 0 Å². The van der Waals surface area contributed by atoms with Gasteiger partial charge in [-0.2, -0.15) is 5.10 Å². The Labute approximate surface area is 124 Å². The smallest absolute Gasteiger partial charge is 0.146 e. The number of fused-ring (bicyclic) bond motifs is 1. The molecule has 0 spiro atoms. The summed E-state index contributed by atoms with van der Waals surface area (Å²) in [6.07, 6.45) is 5.89. The molecule has 0 saturated heterocycles. The van der Waals surface area contributed by atoms with E-state index in [-0.39, 0.29) is 0 Å².